The molecule has 0 aliphatic heterocycles. The molecule has 0 saturated heterocycles. The molecule has 1 heterocycles. The van der Waals surface area contributed by atoms with E-state index < -0.39 is 0 Å². The summed E-state index contributed by atoms with van der Waals surface area (Å²) >= 11 is 18.3. The average molecular weight is 339 g/mol. The molecule has 3 aromatic rings. The third kappa shape index (κ3) is 2.60. The molecule has 3 N–H and O–H groups in total. The topological polar surface area (TPSA) is 54.7 Å². The summed E-state index contributed by atoms with van der Waals surface area (Å²) < 4.78 is 0. The molecule has 3 nitrogen and oxygen atoms in total. The standard InChI is InChI=1S/C15H10Cl3N3/c16-10-4-2-1-3-9(10)14-13(15(19)21-20-14)8-5-6-11(17)12(18)7-8/h1-7H,(H3,19,20,21). The van der Waals surface area contributed by atoms with Crippen molar-refractivity contribution < 1.29 is 0 Å². The predicted octanol–water partition coefficient (Wildman–Crippen LogP) is 5.29. The Balaban J connectivity index is 2.22. The van der Waals surface area contributed by atoms with Gasteiger partial charge in [-0.15, -0.1) is 0 Å². The van der Waals surface area contributed by atoms with Gasteiger partial charge in [-0.25, -0.2) is 0 Å². The number of nitrogens with zero attached hydrogens (tertiary/aromatic N) is 1. The zero-order chi connectivity index (χ0) is 15.0. The lowest BCUT2D eigenvalue weighted by Crippen LogP contribution is -1.89. The molecule has 0 aliphatic carbocycles. The number of anilines is 1. The molecular weight excluding hydrogens is 329 g/mol. The highest BCUT2D eigenvalue weighted by Gasteiger charge is 2.17. The van der Waals surface area contributed by atoms with Gasteiger partial charge in [0.2, 0.25) is 0 Å². The van der Waals surface area contributed by atoms with Gasteiger partial charge in [-0.05, 0) is 23.8 Å². The zero-order valence-electron chi connectivity index (χ0n) is 10.7. The zero-order valence-corrected chi connectivity index (χ0v) is 13.0. The second-order valence-electron chi connectivity index (χ2n) is 4.47. The Morgan fingerprint density at radius 2 is 1.67 bits per heavy atom. The monoisotopic (exact) mass is 337 g/mol. The van der Waals surface area contributed by atoms with Gasteiger partial charge in [0.1, 0.15) is 0 Å². The molecule has 0 bridgehead atoms. The molecule has 0 amide bonds. The van der Waals surface area contributed by atoms with Crippen molar-refractivity contribution in [3.63, 3.8) is 0 Å². The number of aromatic nitrogens is 2. The lowest BCUT2D eigenvalue weighted by molar-refractivity contribution is 1.10. The Bertz CT molecular complexity index is 812. The van der Waals surface area contributed by atoms with Crippen LogP contribution in [-0.2, 0) is 0 Å². The van der Waals surface area contributed by atoms with Gasteiger partial charge in [-0.2, -0.15) is 5.10 Å². The molecule has 0 atom stereocenters. The van der Waals surface area contributed by atoms with Gasteiger partial charge >= 0.3 is 0 Å². The van der Waals surface area contributed by atoms with E-state index in [0.717, 1.165) is 22.4 Å². The highest BCUT2D eigenvalue weighted by molar-refractivity contribution is 6.42. The van der Waals surface area contributed by atoms with Crippen LogP contribution in [-0.4, -0.2) is 10.2 Å². The van der Waals surface area contributed by atoms with Gasteiger partial charge in [0.15, 0.2) is 5.82 Å². The minimum absolute atomic E-state index is 0.378. The largest absolute Gasteiger partial charge is 0.382 e. The summed E-state index contributed by atoms with van der Waals surface area (Å²) in [5.74, 6) is 0.378. The highest BCUT2D eigenvalue weighted by atomic mass is 35.5. The number of aromatic amines is 1. The summed E-state index contributed by atoms with van der Waals surface area (Å²) in [7, 11) is 0. The highest BCUT2D eigenvalue weighted by Crippen LogP contribution is 2.39. The van der Waals surface area contributed by atoms with Crippen LogP contribution in [0.3, 0.4) is 0 Å². The van der Waals surface area contributed by atoms with E-state index in [2.05, 4.69) is 10.2 Å². The Morgan fingerprint density at radius 1 is 0.905 bits per heavy atom. The number of halogens is 3. The van der Waals surface area contributed by atoms with Crippen molar-refractivity contribution in [2.45, 2.75) is 0 Å². The second kappa shape index (κ2) is 5.60. The van der Waals surface area contributed by atoms with Crippen LogP contribution in [0.4, 0.5) is 5.82 Å². The van der Waals surface area contributed by atoms with Gasteiger partial charge in [-0.3, -0.25) is 5.10 Å². The maximum absolute atomic E-state index is 6.25. The number of hydrogen-bond acceptors (Lipinski definition) is 2. The number of hydrogen-bond donors (Lipinski definition) is 2. The molecule has 21 heavy (non-hydrogen) atoms. The predicted molar refractivity (Wildman–Crippen MR) is 88.9 cm³/mol. The fourth-order valence-corrected chi connectivity index (χ4v) is 2.69. The van der Waals surface area contributed by atoms with Crippen LogP contribution in [0.2, 0.25) is 15.1 Å². The van der Waals surface area contributed by atoms with Crippen LogP contribution >= 0.6 is 34.8 Å². The van der Waals surface area contributed by atoms with Gasteiger partial charge < -0.3 is 5.73 Å². The number of nitrogens with one attached hydrogen (secondary N) is 1. The van der Waals surface area contributed by atoms with E-state index in [9.17, 15) is 0 Å². The van der Waals surface area contributed by atoms with Crippen molar-refractivity contribution >= 4 is 40.6 Å². The summed E-state index contributed by atoms with van der Waals surface area (Å²) in [5, 5.41) is 8.57. The van der Waals surface area contributed by atoms with Gasteiger partial charge in [0.05, 0.1) is 21.3 Å². The first-order valence-corrected chi connectivity index (χ1v) is 7.25. The first-order chi connectivity index (χ1) is 10.1. The van der Waals surface area contributed by atoms with Crippen molar-refractivity contribution in [2.75, 3.05) is 5.73 Å². The van der Waals surface area contributed by atoms with Crippen LogP contribution in [0.25, 0.3) is 22.4 Å². The summed E-state index contributed by atoms with van der Waals surface area (Å²) in [4.78, 5) is 0. The van der Waals surface area contributed by atoms with Crippen LogP contribution in [0, 0.1) is 0 Å². The van der Waals surface area contributed by atoms with Crippen LogP contribution in [0.1, 0.15) is 0 Å². The van der Waals surface area contributed by atoms with Gasteiger partial charge in [0, 0.05) is 10.6 Å². The normalized spacial score (nSPS) is 10.8. The van der Waals surface area contributed by atoms with Crippen molar-refractivity contribution in [3.8, 4) is 22.4 Å². The van der Waals surface area contributed by atoms with Crippen molar-refractivity contribution in [1.29, 1.82) is 0 Å². The molecule has 0 aliphatic rings. The Labute approximate surface area is 136 Å². The second-order valence-corrected chi connectivity index (χ2v) is 5.69. The first-order valence-electron chi connectivity index (χ1n) is 6.12. The molecule has 0 saturated carbocycles. The molecule has 0 radical (unpaired) electrons. The maximum Gasteiger partial charge on any atom is 0.153 e. The molecule has 6 heteroatoms. The van der Waals surface area contributed by atoms with E-state index in [1.54, 1.807) is 12.1 Å². The quantitative estimate of drug-likeness (QED) is 0.667. The molecule has 0 fully saturated rings. The minimum atomic E-state index is 0.378. The van der Waals surface area contributed by atoms with E-state index in [0.29, 0.717) is 20.9 Å². The average Bonchev–Trinajstić information content (AvgIpc) is 2.84. The van der Waals surface area contributed by atoms with Crippen LogP contribution in [0.15, 0.2) is 42.5 Å². The number of nitrogen functional groups attached to an aromatic ring is 1. The van der Waals surface area contributed by atoms with Crippen molar-refractivity contribution in [3.05, 3.63) is 57.5 Å². The minimum Gasteiger partial charge on any atom is -0.382 e. The van der Waals surface area contributed by atoms with Gasteiger partial charge in [-0.1, -0.05) is 59.1 Å². The molecule has 1 aromatic heterocycles. The summed E-state index contributed by atoms with van der Waals surface area (Å²) in [6.07, 6.45) is 0. The van der Waals surface area contributed by atoms with E-state index in [1.165, 1.54) is 0 Å². The lowest BCUT2D eigenvalue weighted by Gasteiger charge is -2.07. The number of benzene rings is 2. The Hall–Kier alpha value is -1.68. The van der Waals surface area contributed by atoms with E-state index in [4.69, 9.17) is 40.5 Å². The number of nitrogens with two attached hydrogens (primary N) is 1. The summed E-state index contributed by atoms with van der Waals surface area (Å²) in [5.41, 5.74) is 9.13. The molecule has 3 rings (SSSR count). The summed E-state index contributed by atoms with van der Waals surface area (Å²) in [6, 6.07) is 12.8. The van der Waals surface area contributed by atoms with Crippen LogP contribution in [0.5, 0.6) is 0 Å². The fourth-order valence-electron chi connectivity index (χ4n) is 2.16. The van der Waals surface area contributed by atoms with Crippen molar-refractivity contribution in [2.24, 2.45) is 0 Å². The number of rotatable bonds is 2. The third-order valence-electron chi connectivity index (χ3n) is 3.15. The molecule has 2 aromatic carbocycles. The Kier molecular flexibility index (Phi) is 3.81. The van der Waals surface area contributed by atoms with E-state index in [-0.39, 0.29) is 0 Å². The van der Waals surface area contributed by atoms with Gasteiger partial charge in [0.25, 0.3) is 0 Å². The molecule has 106 valence electrons. The maximum atomic E-state index is 6.25. The summed E-state index contributed by atoms with van der Waals surface area (Å²) in [6.45, 7) is 0. The first kappa shape index (κ1) is 14.3. The molecule has 0 unspecified atom stereocenters. The molecular formula is C15H10Cl3N3. The van der Waals surface area contributed by atoms with E-state index >= 15 is 0 Å². The SMILES string of the molecule is Nc1n[nH]c(-c2ccccc2Cl)c1-c1ccc(Cl)c(Cl)c1. The fraction of sp³-hybridized carbons (Fsp3) is 0. The van der Waals surface area contributed by atoms with Crippen molar-refractivity contribution in [1.82, 2.24) is 10.2 Å². The smallest absolute Gasteiger partial charge is 0.153 e. The molecule has 0 spiro atoms. The lowest BCUT2D eigenvalue weighted by atomic mass is 10.0. The number of H-pyrrole nitrogens is 1. The Morgan fingerprint density at radius 3 is 2.38 bits per heavy atom. The third-order valence-corrected chi connectivity index (χ3v) is 4.21. The van der Waals surface area contributed by atoms with Crippen LogP contribution < -0.4 is 5.73 Å². The van der Waals surface area contributed by atoms with E-state index in [1.807, 2.05) is 30.3 Å².